The number of hydrogen-bond acceptors (Lipinski definition) is 2. The van der Waals surface area contributed by atoms with Crippen LogP contribution in [-0.2, 0) is 0 Å². The normalized spacial score (nSPS) is 10.5. The van der Waals surface area contributed by atoms with Crippen LogP contribution in [0.4, 0.5) is 0 Å². The fourth-order valence-corrected chi connectivity index (χ4v) is 1.85. The van der Waals surface area contributed by atoms with E-state index in [1.807, 2.05) is 12.1 Å². The van der Waals surface area contributed by atoms with Gasteiger partial charge < -0.3 is 9.47 Å². The molecule has 0 aliphatic carbocycles. The van der Waals surface area contributed by atoms with Gasteiger partial charge in [-0.3, -0.25) is 0 Å². The fraction of sp³-hybridized carbons (Fsp3) is 0.286. The van der Waals surface area contributed by atoms with Gasteiger partial charge in [0.15, 0.2) is 11.5 Å². The van der Waals surface area contributed by atoms with Crippen LogP contribution < -0.4 is 9.47 Å². The second-order valence-electron chi connectivity index (χ2n) is 3.99. The van der Waals surface area contributed by atoms with Crippen LogP contribution in [-0.4, -0.2) is 14.2 Å². The van der Waals surface area contributed by atoms with Gasteiger partial charge in [-0.2, -0.15) is 0 Å². The summed E-state index contributed by atoms with van der Waals surface area (Å²) in [6, 6.07) is 8.38. The number of rotatable bonds is 2. The summed E-state index contributed by atoms with van der Waals surface area (Å²) in [4.78, 5) is 0. The summed E-state index contributed by atoms with van der Waals surface area (Å²) in [7, 11) is 3.31. The van der Waals surface area contributed by atoms with Crippen molar-refractivity contribution in [3.05, 3.63) is 35.4 Å². The molecule has 0 aliphatic rings. The highest BCUT2D eigenvalue weighted by atomic mass is 16.5. The highest BCUT2D eigenvalue weighted by Crippen LogP contribution is 2.33. The summed E-state index contributed by atoms with van der Waals surface area (Å²) >= 11 is 0. The van der Waals surface area contributed by atoms with Gasteiger partial charge in [-0.25, -0.2) is 0 Å². The average molecular weight is 216 g/mol. The molecule has 0 atom stereocenters. The number of ether oxygens (including phenoxy) is 2. The number of benzene rings is 2. The zero-order valence-electron chi connectivity index (χ0n) is 10.1. The van der Waals surface area contributed by atoms with Crippen molar-refractivity contribution in [3.8, 4) is 11.5 Å². The molecule has 0 heterocycles. The molecule has 0 amide bonds. The Bertz CT molecular complexity index is 481. The monoisotopic (exact) mass is 216 g/mol. The highest BCUT2D eigenvalue weighted by Gasteiger charge is 2.06. The first-order valence-electron chi connectivity index (χ1n) is 5.28. The molecule has 2 rings (SSSR count). The molecule has 2 nitrogen and oxygen atoms in total. The van der Waals surface area contributed by atoms with Crippen molar-refractivity contribution in [1.29, 1.82) is 0 Å². The van der Waals surface area contributed by atoms with Gasteiger partial charge in [0.1, 0.15) is 0 Å². The molecule has 0 N–H and O–H groups in total. The Morgan fingerprint density at radius 2 is 1.06 bits per heavy atom. The molecule has 2 heteroatoms. The minimum atomic E-state index is 0.776. The summed E-state index contributed by atoms with van der Waals surface area (Å²) in [6.07, 6.45) is 0. The molecular weight excluding hydrogens is 200 g/mol. The molecule has 0 spiro atoms. The van der Waals surface area contributed by atoms with Crippen LogP contribution in [0, 0.1) is 13.8 Å². The lowest BCUT2D eigenvalue weighted by molar-refractivity contribution is 0.356. The van der Waals surface area contributed by atoms with Crippen LogP contribution in [0.1, 0.15) is 11.1 Å². The van der Waals surface area contributed by atoms with Crippen molar-refractivity contribution in [2.75, 3.05) is 14.2 Å². The van der Waals surface area contributed by atoms with E-state index in [4.69, 9.17) is 9.47 Å². The molecule has 0 fully saturated rings. The van der Waals surface area contributed by atoms with Crippen LogP contribution in [0.3, 0.4) is 0 Å². The third kappa shape index (κ3) is 1.71. The zero-order valence-corrected chi connectivity index (χ0v) is 10.1. The quantitative estimate of drug-likeness (QED) is 0.765. The number of hydrogen-bond donors (Lipinski definition) is 0. The van der Waals surface area contributed by atoms with E-state index in [0.717, 1.165) is 11.5 Å². The molecule has 2 aromatic rings. The third-order valence-electron chi connectivity index (χ3n) is 2.96. The predicted molar refractivity (Wildman–Crippen MR) is 66.5 cm³/mol. The van der Waals surface area contributed by atoms with E-state index in [1.165, 1.54) is 21.9 Å². The van der Waals surface area contributed by atoms with Gasteiger partial charge in [0, 0.05) is 0 Å². The largest absolute Gasteiger partial charge is 0.493 e. The van der Waals surface area contributed by atoms with Gasteiger partial charge in [-0.05, 0) is 47.9 Å². The Hall–Kier alpha value is -1.70. The van der Waals surface area contributed by atoms with E-state index in [2.05, 4.69) is 26.0 Å². The lowest BCUT2D eigenvalue weighted by Gasteiger charge is -2.10. The van der Waals surface area contributed by atoms with Crippen molar-refractivity contribution in [3.63, 3.8) is 0 Å². The summed E-state index contributed by atoms with van der Waals surface area (Å²) in [6.45, 7) is 4.23. The van der Waals surface area contributed by atoms with Crippen LogP contribution >= 0.6 is 0 Å². The lowest BCUT2D eigenvalue weighted by Crippen LogP contribution is -1.91. The summed E-state index contributed by atoms with van der Waals surface area (Å²) < 4.78 is 10.6. The molecule has 0 unspecified atom stereocenters. The number of methoxy groups -OCH3 is 2. The van der Waals surface area contributed by atoms with Gasteiger partial charge in [-0.15, -0.1) is 0 Å². The smallest absolute Gasteiger partial charge is 0.161 e. The first-order chi connectivity index (χ1) is 7.65. The maximum absolute atomic E-state index is 5.29. The minimum Gasteiger partial charge on any atom is -0.493 e. The van der Waals surface area contributed by atoms with E-state index < -0.39 is 0 Å². The number of aryl methyl sites for hydroxylation is 2. The molecule has 0 saturated heterocycles. The maximum Gasteiger partial charge on any atom is 0.161 e. The first-order valence-corrected chi connectivity index (χ1v) is 5.28. The highest BCUT2D eigenvalue weighted by molar-refractivity contribution is 5.87. The summed E-state index contributed by atoms with van der Waals surface area (Å²) in [5.41, 5.74) is 2.58. The van der Waals surface area contributed by atoms with Crippen molar-refractivity contribution in [2.24, 2.45) is 0 Å². The predicted octanol–water partition coefficient (Wildman–Crippen LogP) is 3.47. The van der Waals surface area contributed by atoms with Crippen LogP contribution in [0.2, 0.25) is 0 Å². The van der Waals surface area contributed by atoms with E-state index in [-0.39, 0.29) is 0 Å². The fourth-order valence-electron chi connectivity index (χ4n) is 1.85. The Labute approximate surface area is 95.8 Å². The Kier molecular flexibility index (Phi) is 2.73. The first kappa shape index (κ1) is 10.8. The SMILES string of the molecule is COc1cc2cc(C)c(C)cc2cc1OC. The van der Waals surface area contributed by atoms with Crippen LogP contribution in [0.15, 0.2) is 24.3 Å². The van der Waals surface area contributed by atoms with Gasteiger partial charge in [0.25, 0.3) is 0 Å². The molecule has 84 valence electrons. The molecule has 0 aliphatic heterocycles. The molecule has 0 radical (unpaired) electrons. The van der Waals surface area contributed by atoms with Crippen molar-refractivity contribution < 1.29 is 9.47 Å². The Morgan fingerprint density at radius 1 is 0.688 bits per heavy atom. The Morgan fingerprint density at radius 3 is 1.38 bits per heavy atom. The second-order valence-corrected chi connectivity index (χ2v) is 3.99. The summed E-state index contributed by atoms with van der Waals surface area (Å²) in [5.74, 6) is 1.55. The average Bonchev–Trinajstić information content (AvgIpc) is 2.29. The van der Waals surface area contributed by atoms with Gasteiger partial charge in [-0.1, -0.05) is 12.1 Å². The zero-order chi connectivity index (χ0) is 11.7. The Balaban J connectivity index is 2.73. The molecule has 0 bridgehead atoms. The minimum absolute atomic E-state index is 0.776. The lowest BCUT2D eigenvalue weighted by atomic mass is 10.0. The van der Waals surface area contributed by atoms with Crippen molar-refractivity contribution in [1.82, 2.24) is 0 Å². The number of fused-ring (bicyclic) bond motifs is 1. The van der Waals surface area contributed by atoms with Crippen LogP contribution in [0.25, 0.3) is 10.8 Å². The molecular formula is C14H16O2. The summed E-state index contributed by atoms with van der Waals surface area (Å²) in [5, 5.41) is 2.36. The van der Waals surface area contributed by atoms with E-state index in [9.17, 15) is 0 Å². The maximum atomic E-state index is 5.29. The van der Waals surface area contributed by atoms with Crippen molar-refractivity contribution in [2.45, 2.75) is 13.8 Å². The second kappa shape index (κ2) is 4.05. The molecule has 16 heavy (non-hydrogen) atoms. The topological polar surface area (TPSA) is 18.5 Å². The van der Waals surface area contributed by atoms with E-state index in [1.54, 1.807) is 14.2 Å². The third-order valence-corrected chi connectivity index (χ3v) is 2.96. The van der Waals surface area contributed by atoms with Gasteiger partial charge >= 0.3 is 0 Å². The van der Waals surface area contributed by atoms with Crippen molar-refractivity contribution >= 4 is 10.8 Å². The molecule has 0 saturated carbocycles. The van der Waals surface area contributed by atoms with E-state index in [0.29, 0.717) is 0 Å². The van der Waals surface area contributed by atoms with E-state index >= 15 is 0 Å². The molecule has 0 aromatic heterocycles. The van der Waals surface area contributed by atoms with Gasteiger partial charge in [0.2, 0.25) is 0 Å². The van der Waals surface area contributed by atoms with Crippen LogP contribution in [0.5, 0.6) is 11.5 Å². The molecule has 2 aromatic carbocycles. The van der Waals surface area contributed by atoms with Gasteiger partial charge in [0.05, 0.1) is 14.2 Å². The standard InChI is InChI=1S/C14H16O2/c1-9-5-11-7-13(15-3)14(16-4)8-12(11)6-10(9)2/h5-8H,1-4H3.